The highest BCUT2D eigenvalue weighted by atomic mass is 35.5. The summed E-state index contributed by atoms with van der Waals surface area (Å²) in [4.78, 5) is 1.99. The maximum atomic E-state index is 13.1. The zero-order chi connectivity index (χ0) is 17.5. The summed E-state index contributed by atoms with van der Waals surface area (Å²) in [6.07, 6.45) is -2.53. The van der Waals surface area contributed by atoms with Crippen LogP contribution in [0.1, 0.15) is 22.5 Å². The van der Waals surface area contributed by atoms with Crippen molar-refractivity contribution in [2.75, 3.05) is 25.5 Å². The van der Waals surface area contributed by atoms with Crippen LogP contribution in [0.5, 0.6) is 0 Å². The second kappa shape index (κ2) is 7.09. The highest BCUT2D eigenvalue weighted by molar-refractivity contribution is 5.85. The fraction of sp³-hybridized carbons (Fsp3) is 0.353. The van der Waals surface area contributed by atoms with Crippen molar-refractivity contribution in [3.05, 3.63) is 46.8 Å². The summed E-state index contributed by atoms with van der Waals surface area (Å²) in [6, 6.07) is 7.87. The Morgan fingerprint density at radius 1 is 1.16 bits per heavy atom. The van der Waals surface area contributed by atoms with Crippen molar-refractivity contribution in [3.8, 4) is 0 Å². The Balaban J connectivity index is 0.00000225. The summed E-state index contributed by atoms with van der Waals surface area (Å²) in [7, 11) is 5.47. The molecule has 0 radical (unpaired) electrons. The van der Waals surface area contributed by atoms with Crippen LogP contribution in [0.2, 0.25) is 0 Å². The van der Waals surface area contributed by atoms with Gasteiger partial charge in [0.25, 0.3) is 0 Å². The number of benzene rings is 1. The first-order valence-electron chi connectivity index (χ1n) is 7.59. The summed E-state index contributed by atoms with van der Waals surface area (Å²) >= 11 is 0. The monoisotopic (exact) mass is 372 g/mol. The molecule has 0 atom stereocenters. The molecule has 0 saturated carbocycles. The van der Waals surface area contributed by atoms with Gasteiger partial charge in [-0.25, -0.2) is 0 Å². The molecule has 0 aliphatic carbocycles. The van der Waals surface area contributed by atoms with Gasteiger partial charge in [0.1, 0.15) is 0 Å². The number of aromatic nitrogens is 2. The Bertz CT molecular complexity index is 776. The largest absolute Gasteiger partial charge is 0.435 e. The number of alkyl halides is 3. The Morgan fingerprint density at radius 3 is 2.36 bits per heavy atom. The van der Waals surface area contributed by atoms with Crippen LogP contribution in [-0.4, -0.2) is 30.4 Å². The minimum absolute atomic E-state index is 0. The van der Waals surface area contributed by atoms with Crippen LogP contribution in [0.4, 0.5) is 18.9 Å². The normalized spacial score (nSPS) is 15.7. The summed E-state index contributed by atoms with van der Waals surface area (Å²) < 4.78 is 40.7. The van der Waals surface area contributed by atoms with E-state index >= 15 is 0 Å². The fourth-order valence-electron chi connectivity index (χ4n) is 2.96. The number of rotatable bonds is 2. The van der Waals surface area contributed by atoms with Crippen LogP contribution in [0.15, 0.2) is 24.3 Å². The van der Waals surface area contributed by atoms with Gasteiger partial charge in [0.2, 0.25) is 0 Å². The maximum absolute atomic E-state index is 13.1. The highest BCUT2D eigenvalue weighted by Crippen LogP contribution is 2.36. The zero-order valence-electron chi connectivity index (χ0n) is 14.2. The highest BCUT2D eigenvalue weighted by Gasteiger charge is 2.39. The molecule has 8 heteroatoms. The van der Waals surface area contributed by atoms with Crippen molar-refractivity contribution in [1.82, 2.24) is 15.1 Å². The van der Waals surface area contributed by atoms with E-state index in [2.05, 4.69) is 10.4 Å². The van der Waals surface area contributed by atoms with Gasteiger partial charge < -0.3 is 10.2 Å². The molecule has 0 spiro atoms. The van der Waals surface area contributed by atoms with Gasteiger partial charge in [-0.15, -0.1) is 12.4 Å². The molecule has 2 heterocycles. The van der Waals surface area contributed by atoms with E-state index in [1.807, 2.05) is 49.3 Å². The number of anilines is 1. The molecule has 136 valence electrons. The predicted octanol–water partition coefficient (Wildman–Crippen LogP) is 3.57. The molecular formula is C17H20ClF3N4. The lowest BCUT2D eigenvalue weighted by molar-refractivity contribution is -0.142. The Morgan fingerprint density at radius 2 is 1.80 bits per heavy atom. The summed E-state index contributed by atoms with van der Waals surface area (Å²) in [6.45, 7) is 0.689. The van der Waals surface area contributed by atoms with Crippen LogP contribution in [0.3, 0.4) is 0 Å². The van der Waals surface area contributed by atoms with Crippen LogP contribution in [0, 0.1) is 0 Å². The molecule has 1 aromatic heterocycles. The molecule has 4 nitrogen and oxygen atoms in total. The van der Waals surface area contributed by atoms with Gasteiger partial charge in [0.05, 0.1) is 5.69 Å². The lowest BCUT2D eigenvalue weighted by Crippen LogP contribution is -2.25. The Hall–Kier alpha value is -1.99. The Labute approximate surface area is 150 Å². The minimum atomic E-state index is -4.44. The number of hydrogen-bond acceptors (Lipinski definition) is 3. The standard InChI is InChI=1S/C17H19F3N4.ClH/c1-23(2)13-6-4-11(5-7-13)8-12-9-21-10-14-15(12)24(3)22-16(14)17(18,19)20;/h4-8,21H,9-10H2,1-3H3;1H. The molecule has 1 aromatic carbocycles. The van der Waals surface area contributed by atoms with E-state index in [-0.39, 0.29) is 24.5 Å². The van der Waals surface area contributed by atoms with Gasteiger partial charge in [-0.05, 0) is 29.3 Å². The van der Waals surface area contributed by atoms with Crippen LogP contribution in [0.25, 0.3) is 11.6 Å². The number of fused-ring (bicyclic) bond motifs is 1. The van der Waals surface area contributed by atoms with Crippen LogP contribution in [-0.2, 0) is 19.8 Å². The second-order valence-electron chi connectivity index (χ2n) is 6.06. The van der Waals surface area contributed by atoms with Crippen molar-refractivity contribution in [2.45, 2.75) is 12.7 Å². The van der Waals surface area contributed by atoms with Crippen LogP contribution >= 0.6 is 12.4 Å². The van der Waals surface area contributed by atoms with Gasteiger partial charge in [-0.3, -0.25) is 4.68 Å². The summed E-state index contributed by atoms with van der Waals surface area (Å²) in [5, 5.41) is 6.73. The molecule has 2 aromatic rings. The summed E-state index contributed by atoms with van der Waals surface area (Å²) in [5.74, 6) is 0. The van der Waals surface area contributed by atoms with Gasteiger partial charge in [-0.1, -0.05) is 12.1 Å². The molecule has 0 saturated heterocycles. The molecule has 0 unspecified atom stereocenters. The smallest absolute Gasteiger partial charge is 0.378 e. The first-order valence-corrected chi connectivity index (χ1v) is 7.59. The zero-order valence-corrected chi connectivity index (χ0v) is 15.0. The van der Waals surface area contributed by atoms with Gasteiger partial charge in [0, 0.05) is 45.5 Å². The molecule has 1 N–H and O–H groups in total. The van der Waals surface area contributed by atoms with Crippen molar-refractivity contribution >= 4 is 29.7 Å². The molecule has 1 aliphatic rings. The Kier molecular flexibility index (Phi) is 5.49. The van der Waals surface area contributed by atoms with Crippen molar-refractivity contribution < 1.29 is 13.2 Å². The fourth-order valence-corrected chi connectivity index (χ4v) is 2.96. The van der Waals surface area contributed by atoms with E-state index in [9.17, 15) is 13.2 Å². The average molecular weight is 373 g/mol. The molecule has 3 rings (SSSR count). The lowest BCUT2D eigenvalue weighted by atomic mass is 9.99. The van der Waals surface area contributed by atoms with Gasteiger partial charge >= 0.3 is 6.18 Å². The van der Waals surface area contributed by atoms with Crippen molar-refractivity contribution in [3.63, 3.8) is 0 Å². The first-order chi connectivity index (χ1) is 11.3. The summed E-state index contributed by atoms with van der Waals surface area (Å²) in [5.41, 5.74) is 2.78. The SMILES string of the molecule is CN(C)c1ccc(C=C2CNCc3c(C(F)(F)F)nn(C)c32)cc1.Cl. The third-order valence-electron chi connectivity index (χ3n) is 4.09. The molecule has 1 aliphatic heterocycles. The van der Waals surface area contributed by atoms with Crippen molar-refractivity contribution in [2.24, 2.45) is 7.05 Å². The number of aryl methyl sites for hydroxylation is 1. The number of hydrogen-bond donors (Lipinski definition) is 1. The predicted molar refractivity (Wildman–Crippen MR) is 95.8 cm³/mol. The third kappa shape index (κ3) is 3.82. The van der Waals surface area contributed by atoms with Crippen molar-refractivity contribution in [1.29, 1.82) is 0 Å². The second-order valence-corrected chi connectivity index (χ2v) is 6.06. The molecular weight excluding hydrogens is 353 g/mol. The molecule has 0 amide bonds. The van der Waals surface area contributed by atoms with Crippen LogP contribution < -0.4 is 10.2 Å². The van der Waals surface area contributed by atoms with Gasteiger partial charge in [0.15, 0.2) is 5.69 Å². The van der Waals surface area contributed by atoms with E-state index in [1.54, 1.807) is 7.05 Å². The lowest BCUT2D eigenvalue weighted by Gasteiger charge is -2.19. The van der Waals surface area contributed by atoms with E-state index in [4.69, 9.17) is 0 Å². The van der Waals surface area contributed by atoms with E-state index in [1.165, 1.54) is 4.68 Å². The first kappa shape index (κ1) is 19.3. The van der Waals surface area contributed by atoms with Gasteiger partial charge in [-0.2, -0.15) is 18.3 Å². The van der Waals surface area contributed by atoms with E-state index in [0.29, 0.717) is 12.2 Å². The number of halogens is 4. The number of nitrogens with zero attached hydrogens (tertiary/aromatic N) is 3. The third-order valence-corrected chi connectivity index (χ3v) is 4.09. The van der Waals surface area contributed by atoms with E-state index in [0.717, 1.165) is 16.8 Å². The quantitative estimate of drug-likeness (QED) is 0.874. The molecule has 0 bridgehead atoms. The molecule has 0 fully saturated rings. The maximum Gasteiger partial charge on any atom is 0.435 e. The van der Waals surface area contributed by atoms with E-state index < -0.39 is 11.9 Å². The number of nitrogens with one attached hydrogen (secondary N) is 1. The molecule has 25 heavy (non-hydrogen) atoms. The average Bonchev–Trinajstić information content (AvgIpc) is 2.86. The topological polar surface area (TPSA) is 33.1 Å². The minimum Gasteiger partial charge on any atom is -0.378 e.